The highest BCUT2D eigenvalue weighted by Crippen LogP contribution is 2.22. The Kier molecular flexibility index (Phi) is 4.84. The van der Waals surface area contributed by atoms with E-state index in [0.717, 1.165) is 5.75 Å². The molecule has 0 amide bonds. The molecule has 5 heteroatoms. The fourth-order valence-electron chi connectivity index (χ4n) is 2.06. The Morgan fingerprint density at radius 1 is 1.40 bits per heavy atom. The van der Waals surface area contributed by atoms with Gasteiger partial charge in [-0.25, -0.2) is 0 Å². The van der Waals surface area contributed by atoms with Gasteiger partial charge < -0.3 is 20.7 Å². The number of nitrogens with one attached hydrogen (secondary N) is 1. The average molecular weight is 276 g/mol. The van der Waals surface area contributed by atoms with Gasteiger partial charge >= 0.3 is 0 Å². The molecule has 1 fully saturated rings. The quantitative estimate of drug-likeness (QED) is 0.608. The maximum atomic E-state index is 5.89. The van der Waals surface area contributed by atoms with E-state index in [1.165, 1.54) is 18.4 Å². The molecule has 1 aliphatic carbocycles. The summed E-state index contributed by atoms with van der Waals surface area (Å²) in [6, 6.07) is 8.84. The molecule has 2 rings (SSSR count). The van der Waals surface area contributed by atoms with Crippen molar-refractivity contribution in [1.82, 2.24) is 10.2 Å². The van der Waals surface area contributed by atoms with E-state index in [-0.39, 0.29) is 6.04 Å². The smallest absolute Gasteiger partial charge is 0.188 e. The summed E-state index contributed by atoms with van der Waals surface area (Å²) in [5.74, 6) is 1.41. The zero-order valence-corrected chi connectivity index (χ0v) is 12.5. The minimum atomic E-state index is 0.209. The van der Waals surface area contributed by atoms with Crippen molar-refractivity contribution in [1.29, 1.82) is 0 Å². The highest BCUT2D eigenvalue weighted by molar-refractivity contribution is 5.78. The van der Waals surface area contributed by atoms with E-state index in [9.17, 15) is 0 Å². The summed E-state index contributed by atoms with van der Waals surface area (Å²) < 4.78 is 5.19. The predicted molar refractivity (Wildman–Crippen MR) is 82.1 cm³/mol. The molecule has 3 N–H and O–H groups in total. The SMILES string of the molecule is COc1ccc(C(CN=C(N)NC2CC2)N(C)C)cc1. The summed E-state index contributed by atoms with van der Waals surface area (Å²) in [5.41, 5.74) is 7.09. The van der Waals surface area contributed by atoms with Gasteiger partial charge in [-0.2, -0.15) is 0 Å². The Hall–Kier alpha value is -1.75. The Labute approximate surface area is 120 Å². The number of hydrogen-bond donors (Lipinski definition) is 2. The molecule has 0 spiro atoms. The number of nitrogens with zero attached hydrogens (tertiary/aromatic N) is 2. The maximum absolute atomic E-state index is 5.89. The Morgan fingerprint density at radius 3 is 2.55 bits per heavy atom. The molecule has 20 heavy (non-hydrogen) atoms. The lowest BCUT2D eigenvalue weighted by atomic mass is 10.1. The molecule has 0 aromatic heterocycles. The van der Waals surface area contributed by atoms with Gasteiger partial charge in [0.2, 0.25) is 0 Å². The summed E-state index contributed by atoms with van der Waals surface area (Å²) >= 11 is 0. The van der Waals surface area contributed by atoms with Crippen molar-refractivity contribution in [2.24, 2.45) is 10.7 Å². The average Bonchev–Trinajstić information content (AvgIpc) is 3.23. The van der Waals surface area contributed by atoms with Crippen molar-refractivity contribution >= 4 is 5.96 Å². The summed E-state index contributed by atoms with van der Waals surface area (Å²) in [5, 5.41) is 3.21. The van der Waals surface area contributed by atoms with Crippen LogP contribution in [-0.4, -0.2) is 44.7 Å². The molecular weight excluding hydrogens is 252 g/mol. The molecule has 1 aromatic rings. The standard InChI is InChI=1S/C15H24N4O/c1-19(2)14(10-17-15(16)18-12-6-7-12)11-4-8-13(20-3)9-5-11/h4-5,8-9,12,14H,6-7,10H2,1-3H3,(H3,16,17,18). The van der Waals surface area contributed by atoms with E-state index in [0.29, 0.717) is 18.5 Å². The Balaban J connectivity index is 2.01. The van der Waals surface area contributed by atoms with Crippen LogP contribution in [0.25, 0.3) is 0 Å². The fraction of sp³-hybridized carbons (Fsp3) is 0.533. The third kappa shape index (κ3) is 4.13. The number of guanidine groups is 1. The van der Waals surface area contributed by atoms with Gasteiger partial charge in [0, 0.05) is 6.04 Å². The molecule has 0 bridgehead atoms. The van der Waals surface area contributed by atoms with E-state index in [1.807, 2.05) is 12.1 Å². The van der Waals surface area contributed by atoms with E-state index in [1.54, 1.807) is 7.11 Å². The maximum Gasteiger partial charge on any atom is 0.188 e. The predicted octanol–water partition coefficient (Wildman–Crippen LogP) is 1.36. The minimum absolute atomic E-state index is 0.209. The lowest BCUT2D eigenvalue weighted by Gasteiger charge is -2.23. The van der Waals surface area contributed by atoms with Crippen LogP contribution in [0.1, 0.15) is 24.4 Å². The molecule has 0 radical (unpaired) electrons. The summed E-state index contributed by atoms with van der Waals surface area (Å²) in [4.78, 5) is 6.60. The van der Waals surface area contributed by atoms with Crippen LogP contribution >= 0.6 is 0 Å². The van der Waals surface area contributed by atoms with Crippen LogP contribution < -0.4 is 15.8 Å². The number of rotatable bonds is 6. The van der Waals surface area contributed by atoms with E-state index < -0.39 is 0 Å². The fourth-order valence-corrected chi connectivity index (χ4v) is 2.06. The third-order valence-corrected chi connectivity index (χ3v) is 3.49. The zero-order valence-electron chi connectivity index (χ0n) is 12.5. The molecule has 1 atom stereocenters. The first-order valence-corrected chi connectivity index (χ1v) is 6.97. The largest absolute Gasteiger partial charge is 0.497 e. The van der Waals surface area contributed by atoms with Gasteiger partial charge in [0.25, 0.3) is 0 Å². The number of methoxy groups -OCH3 is 1. The van der Waals surface area contributed by atoms with Gasteiger partial charge in [0.1, 0.15) is 5.75 Å². The molecule has 1 aromatic carbocycles. The van der Waals surface area contributed by atoms with E-state index >= 15 is 0 Å². The van der Waals surface area contributed by atoms with Crippen LogP contribution in [0.4, 0.5) is 0 Å². The minimum Gasteiger partial charge on any atom is -0.497 e. The van der Waals surface area contributed by atoms with Crippen molar-refractivity contribution in [3.63, 3.8) is 0 Å². The van der Waals surface area contributed by atoms with Crippen LogP contribution in [0.2, 0.25) is 0 Å². The number of likely N-dealkylation sites (N-methyl/N-ethyl adjacent to an activating group) is 1. The number of ether oxygens (including phenoxy) is 1. The third-order valence-electron chi connectivity index (χ3n) is 3.49. The van der Waals surface area contributed by atoms with Gasteiger partial charge in [0.15, 0.2) is 5.96 Å². The van der Waals surface area contributed by atoms with Crippen LogP contribution in [0, 0.1) is 0 Å². The van der Waals surface area contributed by atoms with Gasteiger partial charge in [-0.05, 0) is 44.6 Å². The van der Waals surface area contributed by atoms with Gasteiger partial charge in [-0.1, -0.05) is 12.1 Å². The van der Waals surface area contributed by atoms with Gasteiger partial charge in [0.05, 0.1) is 19.7 Å². The van der Waals surface area contributed by atoms with Crippen LogP contribution in [0.3, 0.4) is 0 Å². The second kappa shape index (κ2) is 6.61. The molecule has 0 heterocycles. The van der Waals surface area contributed by atoms with Gasteiger partial charge in [-0.15, -0.1) is 0 Å². The molecule has 1 aliphatic rings. The second-order valence-electron chi connectivity index (χ2n) is 5.40. The second-order valence-corrected chi connectivity index (χ2v) is 5.40. The number of aliphatic imine (C=N–C) groups is 1. The van der Waals surface area contributed by atoms with Crippen molar-refractivity contribution in [3.05, 3.63) is 29.8 Å². The highest BCUT2D eigenvalue weighted by atomic mass is 16.5. The lowest BCUT2D eigenvalue weighted by Crippen LogP contribution is -2.34. The van der Waals surface area contributed by atoms with Crippen LogP contribution in [0.15, 0.2) is 29.3 Å². The summed E-state index contributed by atoms with van der Waals surface area (Å²) in [7, 11) is 5.77. The number of hydrogen-bond acceptors (Lipinski definition) is 3. The Bertz CT molecular complexity index is 451. The molecule has 5 nitrogen and oxygen atoms in total. The first-order valence-electron chi connectivity index (χ1n) is 6.97. The van der Waals surface area contributed by atoms with Crippen molar-refractivity contribution < 1.29 is 4.74 Å². The van der Waals surface area contributed by atoms with Crippen LogP contribution in [-0.2, 0) is 0 Å². The molecule has 0 saturated heterocycles. The van der Waals surface area contributed by atoms with E-state index in [2.05, 4.69) is 41.4 Å². The summed E-state index contributed by atoms with van der Waals surface area (Å²) in [6.45, 7) is 0.644. The highest BCUT2D eigenvalue weighted by Gasteiger charge is 2.21. The molecule has 1 saturated carbocycles. The van der Waals surface area contributed by atoms with Crippen molar-refractivity contribution in [2.75, 3.05) is 27.7 Å². The van der Waals surface area contributed by atoms with E-state index in [4.69, 9.17) is 10.5 Å². The van der Waals surface area contributed by atoms with Crippen LogP contribution in [0.5, 0.6) is 5.75 Å². The molecule has 1 unspecified atom stereocenters. The molecule has 110 valence electrons. The van der Waals surface area contributed by atoms with Crippen molar-refractivity contribution in [3.8, 4) is 5.75 Å². The zero-order chi connectivity index (χ0) is 14.5. The normalized spacial score (nSPS) is 17.1. The number of benzene rings is 1. The topological polar surface area (TPSA) is 62.9 Å². The lowest BCUT2D eigenvalue weighted by molar-refractivity contribution is 0.306. The number of nitrogens with two attached hydrogens (primary N) is 1. The van der Waals surface area contributed by atoms with Gasteiger partial charge in [-0.3, -0.25) is 4.99 Å². The summed E-state index contributed by atoms with van der Waals surface area (Å²) in [6.07, 6.45) is 2.40. The molecule has 0 aliphatic heterocycles. The Morgan fingerprint density at radius 2 is 2.05 bits per heavy atom. The first-order chi connectivity index (χ1) is 9.60. The monoisotopic (exact) mass is 276 g/mol. The van der Waals surface area contributed by atoms with Crippen molar-refractivity contribution in [2.45, 2.75) is 24.9 Å². The first kappa shape index (κ1) is 14.7. The molecular formula is C15H24N4O.